The lowest BCUT2D eigenvalue weighted by atomic mass is 9.95. The Balaban J connectivity index is 1.67. The molecule has 1 N–H and O–H groups in total. The third-order valence-electron chi connectivity index (χ3n) is 5.44. The van der Waals surface area contributed by atoms with Crippen molar-refractivity contribution in [2.24, 2.45) is 12.0 Å². The minimum atomic E-state index is -0.581. The molecule has 2 aromatic carbocycles. The molecule has 8 heteroatoms. The highest BCUT2D eigenvalue weighted by Crippen LogP contribution is 2.30. The highest BCUT2D eigenvalue weighted by atomic mass is 32.1. The Morgan fingerprint density at radius 2 is 1.79 bits per heavy atom. The van der Waals surface area contributed by atoms with E-state index in [2.05, 4.69) is 15.4 Å². The Labute approximate surface area is 193 Å². The van der Waals surface area contributed by atoms with Crippen LogP contribution >= 0.6 is 11.3 Å². The van der Waals surface area contributed by atoms with Crippen molar-refractivity contribution in [1.82, 2.24) is 14.3 Å². The maximum atomic E-state index is 13.5. The van der Waals surface area contributed by atoms with Gasteiger partial charge in [-0.05, 0) is 30.7 Å². The van der Waals surface area contributed by atoms with Crippen molar-refractivity contribution in [3.05, 3.63) is 115 Å². The van der Waals surface area contributed by atoms with E-state index in [-0.39, 0.29) is 11.5 Å². The van der Waals surface area contributed by atoms with Crippen molar-refractivity contribution >= 4 is 29.0 Å². The Hall–Kier alpha value is -4.04. The molecule has 0 aliphatic carbocycles. The normalized spacial score (nSPS) is 15.8. The van der Waals surface area contributed by atoms with Gasteiger partial charge in [-0.1, -0.05) is 59.9 Å². The predicted molar refractivity (Wildman–Crippen MR) is 128 cm³/mol. The topological polar surface area (TPSA) is 81.3 Å². The first-order valence-corrected chi connectivity index (χ1v) is 11.3. The summed E-state index contributed by atoms with van der Waals surface area (Å²) in [6, 6.07) is 18.3. The number of amides is 1. The van der Waals surface area contributed by atoms with Crippen LogP contribution in [-0.2, 0) is 11.8 Å². The molecule has 0 unspecified atom stereocenters. The standard InChI is InChI=1S/C25H21N5O2S/c1-16-21(23(31)28-19-11-7-4-8-12-19)22(18-9-5-3-6-10-18)30-24(32)20(33-25(30)27-16)13-17-14-26-29(2)15-17/h3-15,22H,1-2H3,(H,28,31)/b20-13+/t22-/m0/s1. The fourth-order valence-corrected chi connectivity index (χ4v) is 5.00. The maximum Gasteiger partial charge on any atom is 0.271 e. The van der Waals surface area contributed by atoms with Crippen LogP contribution < -0.4 is 20.2 Å². The molecule has 3 heterocycles. The van der Waals surface area contributed by atoms with Crippen LogP contribution in [0.4, 0.5) is 5.69 Å². The number of hydrogen-bond acceptors (Lipinski definition) is 5. The molecule has 0 radical (unpaired) electrons. The lowest BCUT2D eigenvalue weighted by Gasteiger charge is -2.25. The Bertz CT molecular complexity index is 1550. The summed E-state index contributed by atoms with van der Waals surface area (Å²) in [5, 5.41) is 7.12. The van der Waals surface area contributed by atoms with Crippen LogP contribution in [0, 0.1) is 0 Å². The van der Waals surface area contributed by atoms with E-state index in [1.807, 2.05) is 86.9 Å². The van der Waals surface area contributed by atoms with Crippen LogP contribution in [0.25, 0.3) is 6.08 Å². The smallest absolute Gasteiger partial charge is 0.271 e. The van der Waals surface area contributed by atoms with E-state index >= 15 is 0 Å². The second kappa shape index (κ2) is 8.48. The first-order chi connectivity index (χ1) is 16.0. The molecule has 0 spiro atoms. The molecule has 2 aromatic heterocycles. The van der Waals surface area contributed by atoms with E-state index in [9.17, 15) is 9.59 Å². The Morgan fingerprint density at radius 1 is 1.09 bits per heavy atom. The van der Waals surface area contributed by atoms with Gasteiger partial charge in [0.1, 0.15) is 0 Å². The van der Waals surface area contributed by atoms with Gasteiger partial charge < -0.3 is 5.32 Å². The number of carbonyl (C=O) groups excluding carboxylic acids is 1. The summed E-state index contributed by atoms with van der Waals surface area (Å²) in [4.78, 5) is 32.2. The Kier molecular flexibility index (Phi) is 5.35. The number of nitrogens with one attached hydrogen (secondary N) is 1. The van der Waals surface area contributed by atoms with Crippen molar-refractivity contribution in [2.75, 3.05) is 5.32 Å². The van der Waals surface area contributed by atoms with Crippen molar-refractivity contribution in [3.63, 3.8) is 0 Å². The number of hydrogen-bond donors (Lipinski definition) is 1. The van der Waals surface area contributed by atoms with Crippen molar-refractivity contribution in [1.29, 1.82) is 0 Å². The highest BCUT2D eigenvalue weighted by Gasteiger charge is 2.32. The first kappa shape index (κ1) is 20.8. The zero-order chi connectivity index (χ0) is 22.9. The molecule has 33 heavy (non-hydrogen) atoms. The number of benzene rings is 2. The number of rotatable bonds is 4. The average Bonchev–Trinajstić information content (AvgIpc) is 3.36. The lowest BCUT2D eigenvalue weighted by molar-refractivity contribution is -0.113. The summed E-state index contributed by atoms with van der Waals surface area (Å²) in [6.07, 6.45) is 5.36. The number of carbonyl (C=O) groups is 1. The number of anilines is 1. The maximum absolute atomic E-state index is 13.5. The molecule has 1 aliphatic heterocycles. The van der Waals surface area contributed by atoms with E-state index in [4.69, 9.17) is 0 Å². The van der Waals surface area contributed by atoms with Gasteiger partial charge in [0.15, 0.2) is 4.80 Å². The van der Waals surface area contributed by atoms with Crippen LogP contribution in [0.5, 0.6) is 0 Å². The summed E-state index contributed by atoms with van der Waals surface area (Å²) in [5.74, 6) is -0.280. The van der Waals surface area contributed by atoms with Crippen molar-refractivity contribution in [3.8, 4) is 0 Å². The molecule has 0 saturated carbocycles. The van der Waals surface area contributed by atoms with Gasteiger partial charge in [0.05, 0.1) is 28.0 Å². The Morgan fingerprint density at radius 3 is 2.45 bits per heavy atom. The SMILES string of the molecule is CC1=C(C(=O)Nc2ccccc2)[C@H](c2ccccc2)n2c(s/c(=C/c3cnn(C)c3)c2=O)=N1. The summed E-state index contributed by atoms with van der Waals surface area (Å²) < 4.78 is 3.85. The van der Waals surface area contributed by atoms with E-state index in [0.717, 1.165) is 11.1 Å². The van der Waals surface area contributed by atoms with Gasteiger partial charge in [0.25, 0.3) is 11.5 Å². The molecule has 5 rings (SSSR count). The predicted octanol–water partition coefficient (Wildman–Crippen LogP) is 2.61. The van der Waals surface area contributed by atoms with Gasteiger partial charge in [-0.3, -0.25) is 18.8 Å². The van der Waals surface area contributed by atoms with Gasteiger partial charge >= 0.3 is 0 Å². The zero-order valence-corrected chi connectivity index (χ0v) is 18.9. The quantitative estimate of drug-likeness (QED) is 0.514. The van der Waals surface area contributed by atoms with Crippen LogP contribution in [-0.4, -0.2) is 20.3 Å². The van der Waals surface area contributed by atoms with Crippen LogP contribution in [0.1, 0.15) is 24.1 Å². The average molecular weight is 456 g/mol. The third kappa shape index (κ3) is 3.96. The number of allylic oxidation sites excluding steroid dienone is 1. The molecule has 0 saturated heterocycles. The van der Waals surface area contributed by atoms with E-state index in [1.165, 1.54) is 11.3 Å². The second-order valence-electron chi connectivity index (χ2n) is 7.76. The fraction of sp³-hybridized carbons (Fsp3) is 0.120. The number of aryl methyl sites for hydroxylation is 1. The van der Waals surface area contributed by atoms with Gasteiger partial charge in [0.2, 0.25) is 0 Å². The molecule has 0 bridgehead atoms. The fourth-order valence-electron chi connectivity index (χ4n) is 3.95. The zero-order valence-electron chi connectivity index (χ0n) is 18.1. The number of fused-ring (bicyclic) bond motifs is 1. The molecular formula is C25H21N5O2S. The minimum Gasteiger partial charge on any atom is -0.322 e. The molecule has 164 valence electrons. The molecule has 1 amide bonds. The molecule has 1 aliphatic rings. The van der Waals surface area contributed by atoms with Gasteiger partial charge in [-0.2, -0.15) is 5.10 Å². The van der Waals surface area contributed by atoms with E-state index < -0.39 is 6.04 Å². The number of thiazole rings is 1. The number of nitrogens with zero attached hydrogens (tertiary/aromatic N) is 4. The van der Waals surface area contributed by atoms with Crippen LogP contribution in [0.15, 0.2) is 94.1 Å². The van der Waals surface area contributed by atoms with Gasteiger partial charge in [-0.25, -0.2) is 4.99 Å². The number of aromatic nitrogens is 3. The second-order valence-corrected chi connectivity index (χ2v) is 8.77. The van der Waals surface area contributed by atoms with Crippen LogP contribution in [0.3, 0.4) is 0 Å². The van der Waals surface area contributed by atoms with Crippen molar-refractivity contribution in [2.45, 2.75) is 13.0 Å². The number of para-hydroxylation sites is 1. The van der Waals surface area contributed by atoms with Gasteiger partial charge in [-0.15, -0.1) is 0 Å². The largest absolute Gasteiger partial charge is 0.322 e. The van der Waals surface area contributed by atoms with E-state index in [0.29, 0.717) is 26.3 Å². The molecule has 7 nitrogen and oxygen atoms in total. The highest BCUT2D eigenvalue weighted by molar-refractivity contribution is 7.07. The molecule has 1 atom stereocenters. The minimum absolute atomic E-state index is 0.186. The van der Waals surface area contributed by atoms with Gasteiger partial charge in [0, 0.05) is 24.5 Å². The summed E-state index contributed by atoms with van der Waals surface area (Å²) in [6.45, 7) is 1.81. The van der Waals surface area contributed by atoms with E-state index in [1.54, 1.807) is 15.4 Å². The summed E-state index contributed by atoms with van der Waals surface area (Å²) in [5.41, 5.74) is 3.21. The van der Waals surface area contributed by atoms with Crippen LogP contribution in [0.2, 0.25) is 0 Å². The summed E-state index contributed by atoms with van der Waals surface area (Å²) >= 11 is 1.31. The van der Waals surface area contributed by atoms with Crippen molar-refractivity contribution < 1.29 is 4.79 Å². The molecular weight excluding hydrogens is 434 g/mol. The third-order valence-corrected chi connectivity index (χ3v) is 6.42. The summed E-state index contributed by atoms with van der Waals surface area (Å²) in [7, 11) is 1.83. The monoisotopic (exact) mass is 455 g/mol. The molecule has 0 fully saturated rings. The molecule has 4 aromatic rings. The lowest BCUT2D eigenvalue weighted by Crippen LogP contribution is -2.40. The first-order valence-electron chi connectivity index (χ1n) is 10.4.